The van der Waals surface area contributed by atoms with Crippen LogP contribution < -0.4 is 19.6 Å². The van der Waals surface area contributed by atoms with Crippen molar-refractivity contribution in [2.45, 2.75) is 13.5 Å². The molecule has 0 unspecified atom stereocenters. The van der Waals surface area contributed by atoms with E-state index in [1.54, 1.807) is 43.3 Å². The molecular formula is C24H21Cl2N3O6. The number of ether oxygens (including phenoxy) is 3. The van der Waals surface area contributed by atoms with Crippen molar-refractivity contribution in [3.63, 3.8) is 0 Å². The summed E-state index contributed by atoms with van der Waals surface area (Å²) in [5.41, 5.74) is 4.31. The summed E-state index contributed by atoms with van der Waals surface area (Å²) in [6.45, 7) is 1.52. The first-order chi connectivity index (χ1) is 16.8. The summed E-state index contributed by atoms with van der Waals surface area (Å²) in [4.78, 5) is 22.5. The summed E-state index contributed by atoms with van der Waals surface area (Å²) in [6.07, 6.45) is 1.46. The van der Waals surface area contributed by atoms with Gasteiger partial charge in [0, 0.05) is 22.2 Å². The number of amides is 1. The third kappa shape index (κ3) is 7.33. The molecule has 0 saturated heterocycles. The van der Waals surface area contributed by atoms with Crippen LogP contribution >= 0.6 is 23.2 Å². The van der Waals surface area contributed by atoms with Crippen molar-refractivity contribution in [1.82, 2.24) is 5.43 Å². The lowest BCUT2D eigenvalue weighted by Crippen LogP contribution is -2.24. The highest BCUT2D eigenvalue weighted by Crippen LogP contribution is 2.28. The maximum Gasteiger partial charge on any atom is 0.277 e. The van der Waals surface area contributed by atoms with Gasteiger partial charge < -0.3 is 14.2 Å². The Labute approximate surface area is 211 Å². The number of nitrogens with zero attached hydrogens (tertiary/aromatic N) is 2. The molecule has 0 spiro atoms. The second kappa shape index (κ2) is 12.0. The molecule has 0 aliphatic heterocycles. The van der Waals surface area contributed by atoms with E-state index in [0.717, 1.165) is 5.56 Å². The highest BCUT2D eigenvalue weighted by molar-refractivity contribution is 6.35. The van der Waals surface area contributed by atoms with Crippen molar-refractivity contribution in [2.75, 3.05) is 13.7 Å². The van der Waals surface area contributed by atoms with Gasteiger partial charge in [-0.3, -0.25) is 14.9 Å². The molecule has 0 saturated carbocycles. The van der Waals surface area contributed by atoms with Gasteiger partial charge in [0.25, 0.3) is 11.6 Å². The number of hydrogen-bond donors (Lipinski definition) is 1. The molecule has 0 bridgehead atoms. The fraction of sp³-hybridized carbons (Fsp3) is 0.167. The predicted octanol–water partition coefficient (Wildman–Crippen LogP) is 5.33. The maximum absolute atomic E-state index is 12.0. The molecular weight excluding hydrogens is 497 g/mol. The predicted molar refractivity (Wildman–Crippen MR) is 133 cm³/mol. The molecule has 11 heteroatoms. The number of carbonyl (C=O) groups excluding carboxylic acids is 1. The SMILES string of the molecule is COc1ccc(/C=N\NC(=O)COc2ccc(Cl)cc2Cl)cc1COc1ccc([N+](=O)[O-])c(C)c1. The van der Waals surface area contributed by atoms with Gasteiger partial charge in [-0.2, -0.15) is 5.10 Å². The minimum Gasteiger partial charge on any atom is -0.496 e. The lowest BCUT2D eigenvalue weighted by Gasteiger charge is -2.11. The van der Waals surface area contributed by atoms with Crippen LogP contribution in [0.4, 0.5) is 5.69 Å². The Morgan fingerprint density at radius 1 is 1.09 bits per heavy atom. The van der Waals surface area contributed by atoms with E-state index in [9.17, 15) is 14.9 Å². The third-order valence-corrected chi connectivity index (χ3v) is 5.25. The van der Waals surface area contributed by atoms with Crippen molar-refractivity contribution in [1.29, 1.82) is 0 Å². The normalized spacial score (nSPS) is 10.7. The Balaban J connectivity index is 1.58. The van der Waals surface area contributed by atoms with Crippen LogP contribution in [0.5, 0.6) is 17.2 Å². The minimum atomic E-state index is -0.474. The summed E-state index contributed by atoms with van der Waals surface area (Å²) < 4.78 is 16.5. The number of hydrogen-bond acceptors (Lipinski definition) is 7. The van der Waals surface area contributed by atoms with Gasteiger partial charge in [-0.25, -0.2) is 5.43 Å². The van der Waals surface area contributed by atoms with E-state index in [1.165, 1.54) is 31.5 Å². The van der Waals surface area contributed by atoms with Crippen LogP contribution in [0.2, 0.25) is 10.0 Å². The maximum atomic E-state index is 12.0. The van der Waals surface area contributed by atoms with Crippen LogP contribution in [0.1, 0.15) is 16.7 Å². The zero-order valence-electron chi connectivity index (χ0n) is 18.8. The first kappa shape index (κ1) is 25.8. The first-order valence-corrected chi connectivity index (χ1v) is 11.0. The fourth-order valence-corrected chi connectivity index (χ4v) is 3.48. The lowest BCUT2D eigenvalue weighted by molar-refractivity contribution is -0.385. The van der Waals surface area contributed by atoms with Crippen molar-refractivity contribution in [3.05, 3.63) is 91.4 Å². The van der Waals surface area contributed by atoms with Crippen LogP contribution in [-0.4, -0.2) is 30.8 Å². The summed E-state index contributed by atoms with van der Waals surface area (Å²) in [5, 5.41) is 15.7. The zero-order chi connectivity index (χ0) is 25.4. The second-order valence-electron chi connectivity index (χ2n) is 7.22. The number of carbonyl (C=O) groups is 1. The van der Waals surface area contributed by atoms with Gasteiger partial charge in [-0.15, -0.1) is 0 Å². The molecule has 0 atom stereocenters. The number of aryl methyl sites for hydroxylation is 1. The number of methoxy groups -OCH3 is 1. The number of hydrazone groups is 1. The fourth-order valence-electron chi connectivity index (χ4n) is 3.02. The molecule has 0 aromatic heterocycles. The monoisotopic (exact) mass is 517 g/mol. The Kier molecular flexibility index (Phi) is 8.88. The molecule has 0 heterocycles. The minimum absolute atomic E-state index is 0.0249. The molecule has 9 nitrogen and oxygen atoms in total. The topological polar surface area (TPSA) is 112 Å². The lowest BCUT2D eigenvalue weighted by atomic mass is 10.1. The standard InChI is InChI=1S/C24H21Cl2N3O6/c1-15-9-19(5-6-21(15)29(31)32)34-13-17-10-16(3-7-22(17)33-2)12-27-28-24(30)14-35-23-8-4-18(25)11-20(23)26/h3-12H,13-14H2,1-2H3,(H,28,30)/b27-12-. The Bertz CT molecular complexity index is 1270. The molecule has 0 radical (unpaired) electrons. The zero-order valence-corrected chi connectivity index (χ0v) is 20.3. The summed E-state index contributed by atoms with van der Waals surface area (Å²) in [7, 11) is 1.54. The van der Waals surface area contributed by atoms with Gasteiger partial charge in [0.1, 0.15) is 23.9 Å². The highest BCUT2D eigenvalue weighted by atomic mass is 35.5. The van der Waals surface area contributed by atoms with E-state index in [2.05, 4.69) is 10.5 Å². The van der Waals surface area contributed by atoms with Crippen molar-refractivity contribution < 1.29 is 23.9 Å². The van der Waals surface area contributed by atoms with Crippen LogP contribution in [0, 0.1) is 17.0 Å². The van der Waals surface area contributed by atoms with Crippen molar-refractivity contribution in [3.8, 4) is 17.2 Å². The van der Waals surface area contributed by atoms with Crippen LogP contribution in [-0.2, 0) is 11.4 Å². The quantitative estimate of drug-likeness (QED) is 0.221. The van der Waals surface area contributed by atoms with E-state index in [1.807, 2.05) is 0 Å². The van der Waals surface area contributed by atoms with Gasteiger partial charge in [-0.1, -0.05) is 23.2 Å². The number of halogens is 2. The van der Waals surface area contributed by atoms with Gasteiger partial charge in [-0.05, 0) is 61.0 Å². The van der Waals surface area contributed by atoms with Crippen LogP contribution in [0.15, 0.2) is 59.7 Å². The third-order valence-electron chi connectivity index (χ3n) is 4.72. The number of rotatable bonds is 10. The van der Waals surface area contributed by atoms with Gasteiger partial charge in [0.2, 0.25) is 0 Å². The van der Waals surface area contributed by atoms with E-state index in [0.29, 0.717) is 38.4 Å². The Morgan fingerprint density at radius 3 is 2.54 bits per heavy atom. The Morgan fingerprint density at radius 2 is 1.86 bits per heavy atom. The highest BCUT2D eigenvalue weighted by Gasteiger charge is 2.12. The summed E-state index contributed by atoms with van der Waals surface area (Å²) in [6, 6.07) is 14.5. The smallest absolute Gasteiger partial charge is 0.277 e. The van der Waals surface area contributed by atoms with Crippen molar-refractivity contribution in [2.24, 2.45) is 5.10 Å². The number of benzene rings is 3. The van der Waals surface area contributed by atoms with E-state index in [-0.39, 0.29) is 18.9 Å². The average molecular weight is 518 g/mol. The molecule has 3 aromatic rings. The number of nitrogens with one attached hydrogen (secondary N) is 1. The van der Waals surface area contributed by atoms with E-state index in [4.69, 9.17) is 37.4 Å². The van der Waals surface area contributed by atoms with Crippen LogP contribution in [0.25, 0.3) is 0 Å². The molecule has 1 N–H and O–H groups in total. The molecule has 3 rings (SSSR count). The molecule has 3 aromatic carbocycles. The first-order valence-electron chi connectivity index (χ1n) is 10.2. The average Bonchev–Trinajstić information content (AvgIpc) is 2.82. The number of nitro groups is 1. The molecule has 0 aliphatic carbocycles. The van der Waals surface area contributed by atoms with Crippen LogP contribution in [0.3, 0.4) is 0 Å². The second-order valence-corrected chi connectivity index (χ2v) is 8.07. The van der Waals surface area contributed by atoms with Gasteiger partial charge in [0.05, 0.1) is 23.3 Å². The number of nitro benzene ring substituents is 1. The summed E-state index contributed by atoms with van der Waals surface area (Å²) >= 11 is 11.8. The van der Waals surface area contributed by atoms with E-state index < -0.39 is 10.8 Å². The largest absolute Gasteiger partial charge is 0.496 e. The molecule has 0 aliphatic rings. The molecule has 0 fully saturated rings. The summed E-state index contributed by atoms with van der Waals surface area (Å²) in [5.74, 6) is 0.941. The van der Waals surface area contributed by atoms with Gasteiger partial charge >= 0.3 is 0 Å². The Hall–Kier alpha value is -3.82. The van der Waals surface area contributed by atoms with E-state index >= 15 is 0 Å². The van der Waals surface area contributed by atoms with Crippen molar-refractivity contribution >= 4 is 41.0 Å². The molecule has 35 heavy (non-hydrogen) atoms. The molecule has 182 valence electrons. The van der Waals surface area contributed by atoms with Gasteiger partial charge in [0.15, 0.2) is 6.61 Å². The molecule has 1 amide bonds.